The van der Waals surface area contributed by atoms with Gasteiger partial charge in [-0.1, -0.05) is 25.7 Å². The van der Waals surface area contributed by atoms with Crippen LogP contribution >= 0.6 is 24.0 Å². The van der Waals surface area contributed by atoms with E-state index in [0.717, 1.165) is 58.1 Å². The highest BCUT2D eigenvalue weighted by atomic mass is 127. The zero-order valence-corrected chi connectivity index (χ0v) is 21.7. The van der Waals surface area contributed by atoms with Crippen LogP contribution in [0.15, 0.2) is 4.99 Å². The van der Waals surface area contributed by atoms with Gasteiger partial charge < -0.3 is 20.3 Å². The Labute approximate surface area is 200 Å². The second-order valence-corrected chi connectivity index (χ2v) is 8.65. The van der Waals surface area contributed by atoms with Crippen LogP contribution in [0.2, 0.25) is 0 Å². The molecule has 1 heterocycles. The van der Waals surface area contributed by atoms with Crippen molar-refractivity contribution >= 4 is 35.8 Å². The largest absolute Gasteiger partial charge is 0.378 e. The highest BCUT2D eigenvalue weighted by Crippen LogP contribution is 2.19. The minimum Gasteiger partial charge on any atom is -0.378 e. The van der Waals surface area contributed by atoms with Crippen molar-refractivity contribution in [2.75, 3.05) is 52.9 Å². The molecular formula is C22H44IN5O2. The third-order valence-corrected chi connectivity index (χ3v) is 5.71. The summed E-state index contributed by atoms with van der Waals surface area (Å²) in [5.41, 5.74) is 0. The van der Waals surface area contributed by atoms with Gasteiger partial charge in [-0.2, -0.15) is 0 Å². The first kappa shape index (κ1) is 27.4. The standard InChI is InChI=1S/C22H43N5O2.HI/c1-19(2)25-21(28)18-26-13-15-27(16-14-26)22(23-3)24-12-8-9-17-29-20-10-6-4-5-7-11-20;/h19-20H,4-18H2,1-3H3,(H,23,24)(H,25,28);1H. The van der Waals surface area contributed by atoms with Crippen molar-refractivity contribution < 1.29 is 9.53 Å². The fraction of sp³-hybridized carbons (Fsp3) is 0.909. The molecule has 1 aliphatic carbocycles. The van der Waals surface area contributed by atoms with Gasteiger partial charge in [-0.25, -0.2) is 0 Å². The summed E-state index contributed by atoms with van der Waals surface area (Å²) in [6, 6.07) is 0.199. The van der Waals surface area contributed by atoms with Gasteiger partial charge in [0.1, 0.15) is 0 Å². The first-order valence-electron chi connectivity index (χ1n) is 11.7. The predicted molar refractivity (Wildman–Crippen MR) is 135 cm³/mol. The van der Waals surface area contributed by atoms with Gasteiger partial charge in [0, 0.05) is 52.4 Å². The number of unbranched alkanes of at least 4 members (excludes halogenated alkanes) is 1. The molecule has 8 heteroatoms. The molecule has 1 aliphatic heterocycles. The highest BCUT2D eigenvalue weighted by Gasteiger charge is 2.21. The number of amides is 1. The maximum Gasteiger partial charge on any atom is 0.234 e. The van der Waals surface area contributed by atoms with E-state index in [1.807, 2.05) is 20.9 Å². The minimum absolute atomic E-state index is 0. The van der Waals surface area contributed by atoms with Crippen LogP contribution in [0.5, 0.6) is 0 Å². The van der Waals surface area contributed by atoms with Crippen LogP contribution in [0.4, 0.5) is 0 Å². The Balaban J connectivity index is 0.00000450. The molecule has 30 heavy (non-hydrogen) atoms. The summed E-state index contributed by atoms with van der Waals surface area (Å²) in [5, 5.41) is 6.46. The Kier molecular flexibility index (Phi) is 14.7. The summed E-state index contributed by atoms with van der Waals surface area (Å²) >= 11 is 0. The second-order valence-electron chi connectivity index (χ2n) is 8.65. The number of guanidine groups is 1. The minimum atomic E-state index is 0. The Morgan fingerprint density at radius 2 is 1.73 bits per heavy atom. The number of hydrogen-bond acceptors (Lipinski definition) is 4. The van der Waals surface area contributed by atoms with Gasteiger partial charge in [-0.15, -0.1) is 24.0 Å². The van der Waals surface area contributed by atoms with Crippen LogP contribution < -0.4 is 10.6 Å². The molecule has 0 aromatic heterocycles. The molecule has 0 unspecified atom stereocenters. The molecule has 0 bridgehead atoms. The van der Waals surface area contributed by atoms with Crippen LogP contribution in [-0.4, -0.2) is 86.7 Å². The average Bonchev–Trinajstić information content (AvgIpc) is 2.96. The lowest BCUT2D eigenvalue weighted by Gasteiger charge is -2.36. The van der Waals surface area contributed by atoms with Crippen LogP contribution in [0.25, 0.3) is 0 Å². The predicted octanol–water partition coefficient (Wildman–Crippen LogP) is 2.84. The number of hydrogen-bond donors (Lipinski definition) is 2. The van der Waals surface area contributed by atoms with Crippen molar-refractivity contribution in [3.05, 3.63) is 0 Å². The van der Waals surface area contributed by atoms with Crippen molar-refractivity contribution in [1.82, 2.24) is 20.4 Å². The normalized spacial score (nSPS) is 19.3. The third-order valence-electron chi connectivity index (χ3n) is 5.71. The van der Waals surface area contributed by atoms with Crippen molar-refractivity contribution in [1.29, 1.82) is 0 Å². The zero-order valence-electron chi connectivity index (χ0n) is 19.3. The number of halogens is 1. The van der Waals surface area contributed by atoms with Crippen LogP contribution in [0.1, 0.15) is 65.2 Å². The molecule has 2 aliphatic rings. The van der Waals surface area contributed by atoms with Crippen LogP contribution in [0.3, 0.4) is 0 Å². The molecule has 0 spiro atoms. The van der Waals surface area contributed by atoms with E-state index in [4.69, 9.17) is 4.74 Å². The lowest BCUT2D eigenvalue weighted by molar-refractivity contribution is -0.123. The van der Waals surface area contributed by atoms with Gasteiger partial charge >= 0.3 is 0 Å². The Hall–Kier alpha value is -0.610. The molecule has 2 fully saturated rings. The van der Waals surface area contributed by atoms with Gasteiger partial charge in [0.2, 0.25) is 5.91 Å². The molecule has 1 amide bonds. The fourth-order valence-electron chi connectivity index (χ4n) is 4.11. The molecular weight excluding hydrogens is 493 g/mol. The van der Waals surface area contributed by atoms with E-state index in [1.54, 1.807) is 0 Å². The van der Waals surface area contributed by atoms with Gasteiger partial charge in [-0.05, 0) is 39.5 Å². The Morgan fingerprint density at radius 3 is 2.33 bits per heavy atom. The first-order valence-corrected chi connectivity index (χ1v) is 11.7. The van der Waals surface area contributed by atoms with Gasteiger partial charge in [-0.3, -0.25) is 14.7 Å². The SMILES string of the molecule is CN=C(NCCCCOC1CCCCCC1)N1CCN(CC(=O)NC(C)C)CC1.I. The molecule has 7 nitrogen and oxygen atoms in total. The summed E-state index contributed by atoms with van der Waals surface area (Å²) in [6.07, 6.45) is 10.6. The number of ether oxygens (including phenoxy) is 1. The van der Waals surface area contributed by atoms with Gasteiger partial charge in [0.25, 0.3) is 0 Å². The van der Waals surface area contributed by atoms with Crippen molar-refractivity contribution in [3.63, 3.8) is 0 Å². The summed E-state index contributed by atoms with van der Waals surface area (Å²) in [7, 11) is 1.85. The fourth-order valence-corrected chi connectivity index (χ4v) is 4.11. The van der Waals surface area contributed by atoms with Crippen molar-refractivity contribution in [3.8, 4) is 0 Å². The summed E-state index contributed by atoms with van der Waals surface area (Å²) in [5.74, 6) is 1.09. The number of carbonyl (C=O) groups excluding carboxylic acids is 1. The number of nitrogens with zero attached hydrogens (tertiary/aromatic N) is 3. The average molecular weight is 538 g/mol. The quantitative estimate of drug-likeness (QED) is 0.156. The van der Waals surface area contributed by atoms with E-state index in [1.165, 1.54) is 38.5 Å². The first-order chi connectivity index (χ1) is 14.1. The summed E-state index contributed by atoms with van der Waals surface area (Å²) in [6.45, 7) is 9.87. The Morgan fingerprint density at radius 1 is 1.07 bits per heavy atom. The lowest BCUT2D eigenvalue weighted by atomic mass is 10.1. The van der Waals surface area contributed by atoms with E-state index in [0.29, 0.717) is 12.6 Å². The highest BCUT2D eigenvalue weighted by molar-refractivity contribution is 14.0. The van der Waals surface area contributed by atoms with E-state index in [2.05, 4.69) is 25.4 Å². The molecule has 2 N–H and O–H groups in total. The van der Waals surface area contributed by atoms with Crippen LogP contribution in [0, 0.1) is 0 Å². The number of carbonyl (C=O) groups is 1. The topological polar surface area (TPSA) is 69.2 Å². The van der Waals surface area contributed by atoms with Crippen molar-refractivity contribution in [2.24, 2.45) is 4.99 Å². The molecule has 176 valence electrons. The molecule has 1 saturated carbocycles. The lowest BCUT2D eigenvalue weighted by Crippen LogP contribution is -2.54. The zero-order chi connectivity index (χ0) is 20.9. The second kappa shape index (κ2) is 16.1. The number of rotatable bonds is 9. The van der Waals surface area contributed by atoms with E-state index in [9.17, 15) is 4.79 Å². The van der Waals surface area contributed by atoms with E-state index < -0.39 is 0 Å². The molecule has 0 aromatic carbocycles. The molecule has 1 saturated heterocycles. The number of aliphatic imine (C=N–C) groups is 1. The monoisotopic (exact) mass is 537 g/mol. The number of nitrogens with one attached hydrogen (secondary N) is 2. The van der Waals surface area contributed by atoms with Crippen LogP contribution in [-0.2, 0) is 9.53 Å². The Bertz CT molecular complexity index is 488. The maximum atomic E-state index is 11.9. The summed E-state index contributed by atoms with van der Waals surface area (Å²) < 4.78 is 6.07. The van der Waals surface area contributed by atoms with Gasteiger partial charge in [0.05, 0.1) is 12.6 Å². The molecule has 0 aromatic rings. The van der Waals surface area contributed by atoms with Crippen molar-refractivity contribution in [2.45, 2.75) is 77.4 Å². The molecule has 0 radical (unpaired) electrons. The molecule has 0 atom stereocenters. The third kappa shape index (κ3) is 11.1. The molecule has 2 rings (SSSR count). The van der Waals surface area contributed by atoms with E-state index >= 15 is 0 Å². The van der Waals surface area contributed by atoms with E-state index in [-0.39, 0.29) is 35.9 Å². The smallest absolute Gasteiger partial charge is 0.234 e. The number of piperazine rings is 1. The van der Waals surface area contributed by atoms with Gasteiger partial charge in [0.15, 0.2) is 5.96 Å². The summed E-state index contributed by atoms with van der Waals surface area (Å²) in [4.78, 5) is 20.9. The maximum absolute atomic E-state index is 11.9.